The molecule has 5 nitrogen and oxygen atoms in total. The first-order valence-electron chi connectivity index (χ1n) is 7.86. The molecule has 1 aliphatic heterocycles. The van der Waals surface area contributed by atoms with Crippen molar-refractivity contribution in [3.05, 3.63) is 52.1 Å². The molecule has 2 heterocycles. The lowest BCUT2D eigenvalue weighted by Crippen LogP contribution is -2.26. The minimum absolute atomic E-state index is 0.130. The Morgan fingerprint density at radius 1 is 1.35 bits per heavy atom. The number of amides is 1. The van der Waals surface area contributed by atoms with Crippen LogP contribution in [0.15, 0.2) is 24.3 Å². The topological polar surface area (TPSA) is 67.0 Å². The lowest BCUT2D eigenvalue weighted by molar-refractivity contribution is 0.0948. The molecule has 0 unspecified atom stereocenters. The summed E-state index contributed by atoms with van der Waals surface area (Å²) in [4.78, 5) is 19.9. The van der Waals surface area contributed by atoms with Crippen LogP contribution in [0.25, 0.3) is 0 Å². The van der Waals surface area contributed by atoms with Crippen LogP contribution in [-0.2, 0) is 17.8 Å². The second-order valence-electron chi connectivity index (χ2n) is 5.73. The Bertz CT molecular complexity index is 682. The monoisotopic (exact) mass is 333 g/mol. The van der Waals surface area contributed by atoms with Gasteiger partial charge >= 0.3 is 0 Å². The number of imidazole rings is 1. The summed E-state index contributed by atoms with van der Waals surface area (Å²) in [6.45, 7) is 3.73. The fourth-order valence-electron chi connectivity index (χ4n) is 2.77. The van der Waals surface area contributed by atoms with E-state index in [0.29, 0.717) is 36.3 Å². The molecular weight excluding hydrogens is 314 g/mol. The van der Waals surface area contributed by atoms with Crippen LogP contribution < -0.4 is 5.32 Å². The maximum absolute atomic E-state index is 12.2. The van der Waals surface area contributed by atoms with E-state index >= 15 is 0 Å². The zero-order chi connectivity index (χ0) is 16.2. The van der Waals surface area contributed by atoms with Gasteiger partial charge in [-0.05, 0) is 30.5 Å². The Kier molecular flexibility index (Phi) is 4.98. The molecule has 3 rings (SSSR count). The van der Waals surface area contributed by atoms with Crippen molar-refractivity contribution in [2.45, 2.75) is 32.3 Å². The van der Waals surface area contributed by atoms with Crippen molar-refractivity contribution < 1.29 is 9.53 Å². The number of carbonyl (C=O) groups excluding carboxylic acids is 1. The number of benzene rings is 1. The number of aromatic nitrogens is 2. The van der Waals surface area contributed by atoms with Gasteiger partial charge in [0.05, 0.1) is 0 Å². The highest BCUT2D eigenvalue weighted by molar-refractivity contribution is 6.30. The Morgan fingerprint density at radius 2 is 2.13 bits per heavy atom. The number of ether oxygens (including phenoxy) is 1. The van der Waals surface area contributed by atoms with Crippen LogP contribution >= 0.6 is 11.6 Å². The van der Waals surface area contributed by atoms with Gasteiger partial charge in [-0.15, -0.1) is 0 Å². The third-order valence-electron chi connectivity index (χ3n) is 3.93. The number of carbonyl (C=O) groups is 1. The molecule has 1 atom stereocenters. The molecule has 0 aliphatic carbocycles. The molecule has 0 radical (unpaired) electrons. The van der Waals surface area contributed by atoms with E-state index in [-0.39, 0.29) is 11.8 Å². The molecule has 0 saturated heterocycles. The summed E-state index contributed by atoms with van der Waals surface area (Å²) >= 11 is 5.95. The van der Waals surface area contributed by atoms with Crippen LogP contribution in [0, 0.1) is 0 Å². The van der Waals surface area contributed by atoms with E-state index < -0.39 is 0 Å². The highest BCUT2D eigenvalue weighted by Crippen LogP contribution is 2.25. The zero-order valence-corrected chi connectivity index (χ0v) is 13.8. The number of nitrogens with one attached hydrogen (secondary N) is 2. The third-order valence-corrected chi connectivity index (χ3v) is 4.18. The molecule has 1 aromatic heterocycles. The predicted octanol–water partition coefficient (Wildman–Crippen LogP) is 3.06. The summed E-state index contributed by atoms with van der Waals surface area (Å²) in [6, 6.07) is 7.76. The number of nitrogens with zero attached hydrogens (tertiary/aromatic N) is 1. The lowest BCUT2D eigenvalue weighted by Gasteiger charge is -2.14. The Labute approximate surface area is 140 Å². The third kappa shape index (κ3) is 3.74. The Balaban J connectivity index is 1.80. The van der Waals surface area contributed by atoms with E-state index in [4.69, 9.17) is 16.3 Å². The average Bonchev–Trinajstić information content (AvgIpc) is 2.88. The first kappa shape index (κ1) is 16.0. The number of hydrogen-bond donors (Lipinski definition) is 2. The van der Waals surface area contributed by atoms with E-state index in [2.05, 4.69) is 22.2 Å². The largest absolute Gasteiger partial charge is 0.374 e. The van der Waals surface area contributed by atoms with Gasteiger partial charge in [0.1, 0.15) is 18.1 Å². The standard InChI is InChI=1S/C17H20ClN3O2/c1-2-7-23-10-15-20-14-8-12(9-19-17(22)16(14)21-15)11-3-5-13(18)6-4-11/h3-6,12H,2,7-10H2,1H3,(H,19,22)(H,20,21)/t12-/m0/s1. The molecule has 23 heavy (non-hydrogen) atoms. The van der Waals surface area contributed by atoms with Gasteiger partial charge in [0.15, 0.2) is 0 Å². The van der Waals surface area contributed by atoms with Crippen LogP contribution in [0.5, 0.6) is 0 Å². The van der Waals surface area contributed by atoms with Crippen LogP contribution in [0.4, 0.5) is 0 Å². The number of aromatic amines is 1. The first-order valence-corrected chi connectivity index (χ1v) is 8.24. The summed E-state index contributed by atoms with van der Waals surface area (Å²) in [6.07, 6.45) is 1.69. The summed E-state index contributed by atoms with van der Waals surface area (Å²) in [5.41, 5.74) is 2.51. The van der Waals surface area contributed by atoms with E-state index in [9.17, 15) is 4.79 Å². The maximum Gasteiger partial charge on any atom is 0.271 e. The van der Waals surface area contributed by atoms with Crippen LogP contribution in [0.2, 0.25) is 5.02 Å². The molecule has 2 aromatic rings. The number of halogens is 1. The molecule has 122 valence electrons. The molecule has 1 aromatic carbocycles. The molecule has 0 fully saturated rings. The van der Waals surface area contributed by atoms with Gasteiger partial charge in [-0.25, -0.2) is 4.98 Å². The minimum Gasteiger partial charge on any atom is -0.374 e. The SMILES string of the molecule is CCCOCc1nc2c([nH]1)C[C@H](c1ccc(Cl)cc1)CNC2=O. The number of hydrogen-bond acceptors (Lipinski definition) is 3. The minimum atomic E-state index is -0.130. The van der Waals surface area contributed by atoms with Crippen molar-refractivity contribution in [3.8, 4) is 0 Å². The van der Waals surface area contributed by atoms with Crippen molar-refractivity contribution in [1.29, 1.82) is 0 Å². The quantitative estimate of drug-likeness (QED) is 0.826. The molecule has 0 bridgehead atoms. The fourth-order valence-corrected chi connectivity index (χ4v) is 2.90. The number of H-pyrrole nitrogens is 1. The maximum atomic E-state index is 12.2. The molecular formula is C17H20ClN3O2. The van der Waals surface area contributed by atoms with Crippen molar-refractivity contribution in [2.24, 2.45) is 0 Å². The van der Waals surface area contributed by atoms with Gasteiger partial charge in [0.25, 0.3) is 5.91 Å². The molecule has 1 amide bonds. The van der Waals surface area contributed by atoms with E-state index in [0.717, 1.165) is 24.1 Å². The molecule has 2 N–H and O–H groups in total. The number of fused-ring (bicyclic) bond motifs is 1. The van der Waals surface area contributed by atoms with Crippen molar-refractivity contribution in [3.63, 3.8) is 0 Å². The first-order chi connectivity index (χ1) is 11.2. The Hall–Kier alpha value is -1.85. The highest BCUT2D eigenvalue weighted by Gasteiger charge is 2.26. The number of rotatable bonds is 5. The van der Waals surface area contributed by atoms with Crippen molar-refractivity contribution >= 4 is 17.5 Å². The van der Waals surface area contributed by atoms with Crippen LogP contribution in [-0.4, -0.2) is 29.0 Å². The second kappa shape index (κ2) is 7.15. The average molecular weight is 334 g/mol. The lowest BCUT2D eigenvalue weighted by atomic mass is 9.94. The van der Waals surface area contributed by atoms with Gasteiger partial charge in [-0.1, -0.05) is 30.7 Å². The zero-order valence-electron chi connectivity index (χ0n) is 13.1. The molecule has 6 heteroatoms. The van der Waals surface area contributed by atoms with Crippen LogP contribution in [0.1, 0.15) is 46.8 Å². The Morgan fingerprint density at radius 3 is 2.87 bits per heavy atom. The van der Waals surface area contributed by atoms with Gasteiger partial charge < -0.3 is 15.0 Å². The molecule has 0 saturated carbocycles. The van der Waals surface area contributed by atoms with E-state index in [1.807, 2.05) is 24.3 Å². The predicted molar refractivity (Wildman–Crippen MR) is 88.8 cm³/mol. The van der Waals surface area contributed by atoms with E-state index in [1.54, 1.807) is 0 Å². The van der Waals surface area contributed by atoms with Gasteiger partial charge in [-0.3, -0.25) is 4.79 Å². The van der Waals surface area contributed by atoms with Gasteiger partial charge in [0, 0.05) is 29.8 Å². The highest BCUT2D eigenvalue weighted by atomic mass is 35.5. The van der Waals surface area contributed by atoms with E-state index in [1.165, 1.54) is 0 Å². The second-order valence-corrected chi connectivity index (χ2v) is 6.16. The molecule has 0 spiro atoms. The smallest absolute Gasteiger partial charge is 0.271 e. The fraction of sp³-hybridized carbons (Fsp3) is 0.412. The van der Waals surface area contributed by atoms with Gasteiger partial charge in [0.2, 0.25) is 0 Å². The molecule has 1 aliphatic rings. The summed E-state index contributed by atoms with van der Waals surface area (Å²) in [5.74, 6) is 0.770. The van der Waals surface area contributed by atoms with Gasteiger partial charge in [-0.2, -0.15) is 0 Å². The summed E-state index contributed by atoms with van der Waals surface area (Å²) in [7, 11) is 0. The summed E-state index contributed by atoms with van der Waals surface area (Å²) < 4.78 is 5.50. The normalized spacial score (nSPS) is 17.5. The van der Waals surface area contributed by atoms with Crippen molar-refractivity contribution in [2.75, 3.05) is 13.2 Å². The summed E-state index contributed by atoms with van der Waals surface area (Å²) in [5, 5.41) is 3.66. The van der Waals surface area contributed by atoms with Crippen molar-refractivity contribution in [1.82, 2.24) is 15.3 Å². The van der Waals surface area contributed by atoms with Crippen LogP contribution in [0.3, 0.4) is 0 Å².